The monoisotopic (exact) mass is 680 g/mol. The molecular weight excluding hydrogens is 644 g/mol. The summed E-state index contributed by atoms with van der Waals surface area (Å²) in [5, 5.41) is 3.85. The largest absolute Gasteiger partial charge is 0.493 e. The maximum Gasteiger partial charge on any atom is 0.325 e. The van der Waals surface area contributed by atoms with Crippen LogP contribution < -0.4 is 34.4 Å². The van der Waals surface area contributed by atoms with E-state index < -0.39 is 11.9 Å². The lowest BCUT2D eigenvalue weighted by atomic mass is 9.94. The van der Waals surface area contributed by atoms with Gasteiger partial charge in [-0.25, -0.2) is 4.99 Å². The molecule has 0 saturated heterocycles. The third kappa shape index (κ3) is 6.11. The highest BCUT2D eigenvalue weighted by Gasteiger charge is 2.34. The zero-order valence-electron chi connectivity index (χ0n) is 28.0. The van der Waals surface area contributed by atoms with Gasteiger partial charge < -0.3 is 28.8 Å². The number of rotatable bonds is 10. The fraction of sp³-hybridized carbons (Fsp3) is 0.243. The van der Waals surface area contributed by atoms with Crippen LogP contribution in [0.1, 0.15) is 36.7 Å². The van der Waals surface area contributed by atoms with Gasteiger partial charge in [-0.3, -0.25) is 19.0 Å². The highest BCUT2D eigenvalue weighted by atomic mass is 32.1. The van der Waals surface area contributed by atoms with Crippen molar-refractivity contribution in [3.8, 4) is 17.2 Å². The van der Waals surface area contributed by atoms with Gasteiger partial charge in [-0.2, -0.15) is 0 Å². The first-order valence-corrected chi connectivity index (χ1v) is 16.4. The van der Waals surface area contributed by atoms with Crippen LogP contribution in [-0.4, -0.2) is 48.9 Å². The van der Waals surface area contributed by atoms with Gasteiger partial charge in [0.25, 0.3) is 11.5 Å². The molecule has 3 heterocycles. The Bertz CT molecular complexity index is 2280. The molecule has 2 aromatic heterocycles. The van der Waals surface area contributed by atoms with Crippen molar-refractivity contribution < 1.29 is 28.5 Å². The number of nitrogens with one attached hydrogen (secondary N) is 1. The van der Waals surface area contributed by atoms with Gasteiger partial charge in [0.05, 0.1) is 49.8 Å². The second-order valence-corrected chi connectivity index (χ2v) is 12.3. The molecule has 11 nitrogen and oxygen atoms in total. The summed E-state index contributed by atoms with van der Waals surface area (Å²) in [5.41, 5.74) is 4.04. The fourth-order valence-corrected chi connectivity index (χ4v) is 7.25. The molecule has 1 aliphatic heterocycles. The van der Waals surface area contributed by atoms with Crippen LogP contribution in [0.15, 0.2) is 87.8 Å². The van der Waals surface area contributed by atoms with Gasteiger partial charge in [0.1, 0.15) is 6.54 Å². The van der Waals surface area contributed by atoms with E-state index in [1.807, 2.05) is 60.0 Å². The molecule has 0 aliphatic carbocycles. The lowest BCUT2D eigenvalue weighted by molar-refractivity contribution is -0.143. The van der Waals surface area contributed by atoms with Gasteiger partial charge in [0.15, 0.2) is 16.3 Å². The number of carbonyl (C=O) groups excluding carboxylic acids is 2. The van der Waals surface area contributed by atoms with Gasteiger partial charge in [0.2, 0.25) is 5.75 Å². The second-order valence-electron chi connectivity index (χ2n) is 11.3. The third-order valence-electron chi connectivity index (χ3n) is 8.45. The number of ether oxygens (including phenoxy) is 4. The number of amides is 1. The molecule has 252 valence electrons. The van der Waals surface area contributed by atoms with Crippen molar-refractivity contribution in [2.75, 3.05) is 33.3 Å². The van der Waals surface area contributed by atoms with Crippen LogP contribution >= 0.6 is 11.3 Å². The van der Waals surface area contributed by atoms with Crippen molar-refractivity contribution in [2.24, 2.45) is 4.99 Å². The van der Waals surface area contributed by atoms with Crippen LogP contribution in [0, 0.1) is 6.92 Å². The smallest absolute Gasteiger partial charge is 0.325 e. The van der Waals surface area contributed by atoms with Crippen molar-refractivity contribution in [1.82, 2.24) is 9.13 Å². The van der Waals surface area contributed by atoms with Crippen LogP contribution in [-0.2, 0) is 20.9 Å². The number of aromatic nitrogens is 2. The third-order valence-corrected chi connectivity index (χ3v) is 9.43. The summed E-state index contributed by atoms with van der Waals surface area (Å²) >= 11 is 1.23. The number of benzene rings is 3. The van der Waals surface area contributed by atoms with Crippen LogP contribution in [0.4, 0.5) is 5.69 Å². The number of carbonyl (C=O) groups is 2. The SMILES string of the molecule is CCOC(=O)Cn1c(C)c(/C=c2\sc3n(c2=O)[C@@H](c2cc(OC)c(OC)c(OC)c2)C(C(=O)Nc2ccccc2)=C(C)N=3)c2ccccc21. The Morgan fingerprint density at radius 1 is 0.959 bits per heavy atom. The van der Waals surface area contributed by atoms with E-state index in [0.29, 0.717) is 49.1 Å². The molecule has 0 bridgehead atoms. The summed E-state index contributed by atoms with van der Waals surface area (Å²) in [6, 6.07) is 19.4. The molecule has 0 saturated carbocycles. The number of hydrogen-bond donors (Lipinski definition) is 1. The van der Waals surface area contributed by atoms with Crippen LogP contribution in [0.5, 0.6) is 17.2 Å². The number of para-hydroxylation sites is 2. The van der Waals surface area contributed by atoms with Crippen molar-refractivity contribution in [3.05, 3.63) is 115 Å². The van der Waals surface area contributed by atoms with Crippen LogP contribution in [0.2, 0.25) is 0 Å². The Balaban J connectivity index is 1.57. The summed E-state index contributed by atoms with van der Waals surface area (Å²) in [6.45, 7) is 5.76. The summed E-state index contributed by atoms with van der Waals surface area (Å²) in [4.78, 5) is 46.3. The molecule has 1 amide bonds. The molecule has 0 spiro atoms. The zero-order chi connectivity index (χ0) is 34.8. The van der Waals surface area contributed by atoms with Crippen molar-refractivity contribution in [3.63, 3.8) is 0 Å². The standard InChI is InChI=1S/C37H36N4O7S/c1-7-48-31(42)20-40-22(3)26(25-15-11-12-16-27(25)40)19-30-36(44)41-33(23-17-28(45-4)34(47-6)29(18-23)46-5)32(21(2)38-37(41)49-30)35(43)39-24-13-9-8-10-14-24/h8-19,33H,7,20H2,1-6H3,(H,39,43)/b30-19-/t33-/m0/s1. The number of methoxy groups -OCH3 is 3. The molecule has 1 N–H and O–H groups in total. The van der Waals surface area contributed by atoms with E-state index in [1.54, 1.807) is 38.1 Å². The molecule has 0 fully saturated rings. The predicted molar refractivity (Wildman–Crippen MR) is 188 cm³/mol. The van der Waals surface area contributed by atoms with Gasteiger partial charge >= 0.3 is 5.97 Å². The Kier molecular flexibility index (Phi) is 9.41. The Hall–Kier alpha value is -5.62. The Morgan fingerprint density at radius 2 is 1.63 bits per heavy atom. The van der Waals surface area contributed by atoms with E-state index in [2.05, 4.69) is 5.32 Å². The number of thiazole rings is 1. The van der Waals surface area contributed by atoms with Crippen molar-refractivity contribution in [1.29, 1.82) is 0 Å². The lowest BCUT2D eigenvalue weighted by Gasteiger charge is -2.26. The molecule has 3 aromatic carbocycles. The number of nitrogens with zero attached hydrogens (tertiary/aromatic N) is 3. The highest BCUT2D eigenvalue weighted by Crippen LogP contribution is 2.42. The van der Waals surface area contributed by atoms with E-state index >= 15 is 0 Å². The number of allylic oxidation sites excluding steroid dienone is 1. The topological polar surface area (TPSA) is 122 Å². The first kappa shape index (κ1) is 33.3. The molecule has 0 unspecified atom stereocenters. The van der Waals surface area contributed by atoms with E-state index in [-0.39, 0.29) is 24.7 Å². The Labute approximate surface area is 286 Å². The molecule has 6 rings (SSSR count). The second kappa shape index (κ2) is 13.9. The molecule has 49 heavy (non-hydrogen) atoms. The maximum atomic E-state index is 14.5. The average Bonchev–Trinajstić information content (AvgIpc) is 3.55. The summed E-state index contributed by atoms with van der Waals surface area (Å²) < 4.78 is 26.0. The zero-order valence-corrected chi connectivity index (χ0v) is 28.8. The van der Waals surface area contributed by atoms with E-state index in [1.165, 1.54) is 37.2 Å². The molecule has 1 aliphatic rings. The van der Waals surface area contributed by atoms with Gasteiger partial charge in [-0.1, -0.05) is 47.7 Å². The van der Waals surface area contributed by atoms with E-state index in [4.69, 9.17) is 23.9 Å². The maximum absolute atomic E-state index is 14.5. The fourth-order valence-electron chi connectivity index (χ4n) is 6.22. The minimum Gasteiger partial charge on any atom is -0.493 e. The highest BCUT2D eigenvalue weighted by molar-refractivity contribution is 7.07. The number of fused-ring (bicyclic) bond motifs is 2. The minimum atomic E-state index is -0.887. The van der Waals surface area contributed by atoms with Gasteiger partial charge in [-0.05, 0) is 62.7 Å². The van der Waals surface area contributed by atoms with Crippen molar-refractivity contribution >= 4 is 45.9 Å². The molecular formula is C37H36N4O7S. The number of anilines is 1. The summed E-state index contributed by atoms with van der Waals surface area (Å²) in [5.74, 6) is 0.382. The first-order valence-electron chi connectivity index (χ1n) is 15.6. The lowest BCUT2D eigenvalue weighted by Crippen LogP contribution is -2.40. The first-order chi connectivity index (χ1) is 23.7. The molecule has 1 atom stereocenters. The molecule has 5 aromatic rings. The van der Waals surface area contributed by atoms with Crippen LogP contribution in [0.25, 0.3) is 17.0 Å². The van der Waals surface area contributed by atoms with Crippen molar-refractivity contribution in [2.45, 2.75) is 33.4 Å². The van der Waals surface area contributed by atoms with Crippen LogP contribution in [0.3, 0.4) is 0 Å². The number of esters is 1. The minimum absolute atomic E-state index is 0.0372. The Morgan fingerprint density at radius 3 is 2.29 bits per heavy atom. The van der Waals surface area contributed by atoms with Gasteiger partial charge in [-0.15, -0.1) is 0 Å². The molecule has 0 radical (unpaired) electrons. The average molecular weight is 681 g/mol. The normalized spacial score (nSPS) is 14.3. The summed E-state index contributed by atoms with van der Waals surface area (Å²) in [6.07, 6.45) is 1.83. The molecule has 12 heteroatoms. The van der Waals surface area contributed by atoms with E-state index in [0.717, 1.165) is 22.2 Å². The number of hydrogen-bond acceptors (Lipinski definition) is 9. The quantitative estimate of drug-likeness (QED) is 0.212. The summed E-state index contributed by atoms with van der Waals surface area (Å²) in [7, 11) is 4.53. The van der Waals surface area contributed by atoms with Gasteiger partial charge in [0, 0.05) is 27.8 Å². The van der Waals surface area contributed by atoms with E-state index in [9.17, 15) is 14.4 Å². The predicted octanol–water partition coefficient (Wildman–Crippen LogP) is 4.73.